The lowest BCUT2D eigenvalue weighted by Crippen LogP contribution is -2.53. The van der Waals surface area contributed by atoms with Crippen LogP contribution in [0.2, 0.25) is 0 Å². The number of nitrogens with zero attached hydrogens (tertiary/aromatic N) is 2. The molecule has 0 atom stereocenters. The van der Waals surface area contributed by atoms with Gasteiger partial charge >= 0.3 is 6.03 Å². The van der Waals surface area contributed by atoms with Crippen molar-refractivity contribution >= 4 is 11.7 Å². The van der Waals surface area contributed by atoms with E-state index in [0.717, 1.165) is 5.56 Å². The van der Waals surface area contributed by atoms with Crippen molar-refractivity contribution < 1.29 is 10.0 Å². The summed E-state index contributed by atoms with van der Waals surface area (Å²) >= 11 is 0. The smallest absolute Gasteiger partial charge is 0.317 e. The highest BCUT2D eigenvalue weighted by molar-refractivity contribution is 6.07. The van der Waals surface area contributed by atoms with Crippen molar-refractivity contribution in [1.29, 1.82) is 0 Å². The summed E-state index contributed by atoms with van der Waals surface area (Å²) in [6.45, 7) is 3.65. The van der Waals surface area contributed by atoms with Gasteiger partial charge in [-0.05, 0) is 13.8 Å². The van der Waals surface area contributed by atoms with Crippen LogP contribution in [0.4, 0.5) is 4.79 Å². The van der Waals surface area contributed by atoms with Crippen molar-refractivity contribution in [2.75, 3.05) is 14.1 Å². The highest BCUT2D eigenvalue weighted by Gasteiger charge is 2.34. The van der Waals surface area contributed by atoms with Crippen LogP contribution < -0.4 is 5.32 Å². The van der Waals surface area contributed by atoms with Gasteiger partial charge in [0.2, 0.25) is 0 Å². The molecule has 5 nitrogen and oxygen atoms in total. The van der Waals surface area contributed by atoms with Crippen molar-refractivity contribution in [1.82, 2.24) is 10.2 Å². The molecule has 0 unspecified atom stereocenters. The van der Waals surface area contributed by atoms with E-state index in [1.165, 1.54) is 4.90 Å². The molecule has 0 aliphatic carbocycles. The largest absolute Gasteiger partial charge is 0.411 e. The fourth-order valence-corrected chi connectivity index (χ4v) is 1.71. The summed E-state index contributed by atoms with van der Waals surface area (Å²) in [4.78, 5) is 13.2. The topological polar surface area (TPSA) is 64.9 Å². The Morgan fingerprint density at radius 3 is 2.33 bits per heavy atom. The SMILES string of the molecule is CNC(=O)N(C)C(C)(C)/C(=N/O)c1ccccc1. The zero-order valence-electron chi connectivity index (χ0n) is 11.1. The second-order valence-corrected chi connectivity index (χ2v) is 4.49. The fraction of sp³-hybridized carbons (Fsp3) is 0.385. The fourth-order valence-electron chi connectivity index (χ4n) is 1.71. The van der Waals surface area contributed by atoms with Crippen LogP contribution in [-0.2, 0) is 0 Å². The first kappa shape index (κ1) is 14.0. The molecule has 0 aliphatic heterocycles. The van der Waals surface area contributed by atoms with Crippen LogP contribution in [0.15, 0.2) is 35.5 Å². The maximum Gasteiger partial charge on any atom is 0.317 e. The second-order valence-electron chi connectivity index (χ2n) is 4.49. The molecule has 98 valence electrons. The van der Waals surface area contributed by atoms with Gasteiger partial charge in [0.15, 0.2) is 0 Å². The number of nitrogens with one attached hydrogen (secondary N) is 1. The molecule has 0 aliphatic rings. The summed E-state index contributed by atoms with van der Waals surface area (Å²) < 4.78 is 0. The van der Waals surface area contributed by atoms with E-state index in [4.69, 9.17) is 0 Å². The summed E-state index contributed by atoms with van der Waals surface area (Å²) in [6, 6.07) is 9.04. The summed E-state index contributed by atoms with van der Waals surface area (Å²) in [5, 5.41) is 15.2. The first-order chi connectivity index (χ1) is 8.45. The third-order valence-electron chi connectivity index (χ3n) is 3.08. The van der Waals surface area contributed by atoms with E-state index in [1.807, 2.05) is 44.2 Å². The molecule has 2 amide bonds. The van der Waals surface area contributed by atoms with Gasteiger partial charge in [-0.2, -0.15) is 0 Å². The number of rotatable bonds is 3. The number of likely N-dealkylation sites (N-methyl/N-ethyl adjacent to an activating group) is 1. The lowest BCUT2D eigenvalue weighted by molar-refractivity contribution is 0.184. The molecule has 2 N–H and O–H groups in total. The monoisotopic (exact) mass is 249 g/mol. The molecule has 0 spiro atoms. The van der Waals surface area contributed by atoms with E-state index in [-0.39, 0.29) is 6.03 Å². The Morgan fingerprint density at radius 1 is 1.33 bits per heavy atom. The number of hydrogen-bond acceptors (Lipinski definition) is 3. The number of carbonyl (C=O) groups is 1. The number of oxime groups is 1. The molecule has 0 bridgehead atoms. The van der Waals surface area contributed by atoms with E-state index in [2.05, 4.69) is 10.5 Å². The lowest BCUT2D eigenvalue weighted by Gasteiger charge is -2.35. The van der Waals surface area contributed by atoms with Gasteiger partial charge in [-0.15, -0.1) is 0 Å². The van der Waals surface area contributed by atoms with Gasteiger partial charge in [0, 0.05) is 19.7 Å². The summed E-state index contributed by atoms with van der Waals surface area (Å²) in [5.74, 6) is 0. The Kier molecular flexibility index (Phi) is 4.31. The Balaban J connectivity index is 3.13. The Hall–Kier alpha value is -2.04. The Labute approximate surface area is 107 Å². The minimum absolute atomic E-state index is 0.239. The molecular weight excluding hydrogens is 230 g/mol. The highest BCUT2D eigenvalue weighted by Crippen LogP contribution is 2.20. The van der Waals surface area contributed by atoms with Crippen molar-refractivity contribution in [3.8, 4) is 0 Å². The van der Waals surface area contributed by atoms with E-state index in [9.17, 15) is 10.0 Å². The zero-order chi connectivity index (χ0) is 13.8. The van der Waals surface area contributed by atoms with Crippen molar-refractivity contribution in [2.24, 2.45) is 5.16 Å². The van der Waals surface area contributed by atoms with Crippen LogP contribution in [0.25, 0.3) is 0 Å². The van der Waals surface area contributed by atoms with Crippen molar-refractivity contribution in [2.45, 2.75) is 19.4 Å². The number of urea groups is 1. The number of amides is 2. The van der Waals surface area contributed by atoms with Crippen LogP contribution in [-0.4, -0.2) is 41.5 Å². The molecule has 0 radical (unpaired) electrons. The quantitative estimate of drug-likeness (QED) is 0.488. The molecule has 0 saturated heterocycles. The first-order valence-electron chi connectivity index (χ1n) is 5.68. The van der Waals surface area contributed by atoms with Gasteiger partial charge in [0.25, 0.3) is 0 Å². The van der Waals surface area contributed by atoms with Crippen LogP contribution in [0, 0.1) is 0 Å². The maximum absolute atomic E-state index is 11.7. The molecule has 18 heavy (non-hydrogen) atoms. The molecular formula is C13H19N3O2. The Morgan fingerprint density at radius 2 is 1.89 bits per heavy atom. The van der Waals surface area contributed by atoms with Crippen molar-refractivity contribution in [3.63, 3.8) is 0 Å². The number of carbonyl (C=O) groups excluding carboxylic acids is 1. The molecule has 0 aromatic heterocycles. The molecule has 1 aromatic rings. The molecule has 1 aromatic carbocycles. The minimum Gasteiger partial charge on any atom is -0.411 e. The minimum atomic E-state index is -0.726. The van der Waals surface area contributed by atoms with Crippen LogP contribution in [0.3, 0.4) is 0 Å². The van der Waals surface area contributed by atoms with E-state index < -0.39 is 5.54 Å². The number of benzene rings is 1. The predicted octanol–water partition coefficient (Wildman–Crippen LogP) is 1.91. The van der Waals surface area contributed by atoms with Crippen molar-refractivity contribution in [3.05, 3.63) is 35.9 Å². The Bertz CT molecular complexity index is 441. The van der Waals surface area contributed by atoms with Crippen LogP contribution in [0.5, 0.6) is 0 Å². The van der Waals surface area contributed by atoms with Gasteiger partial charge in [0.1, 0.15) is 5.71 Å². The highest BCUT2D eigenvalue weighted by atomic mass is 16.4. The third kappa shape index (κ3) is 2.61. The summed E-state index contributed by atoms with van der Waals surface area (Å²) in [7, 11) is 3.22. The van der Waals surface area contributed by atoms with Gasteiger partial charge < -0.3 is 15.4 Å². The second kappa shape index (κ2) is 5.53. The summed E-state index contributed by atoms with van der Waals surface area (Å²) in [5.41, 5.74) is 0.492. The first-order valence-corrected chi connectivity index (χ1v) is 5.68. The van der Waals surface area contributed by atoms with E-state index in [0.29, 0.717) is 5.71 Å². The zero-order valence-corrected chi connectivity index (χ0v) is 11.1. The average molecular weight is 249 g/mol. The average Bonchev–Trinajstić information content (AvgIpc) is 2.38. The predicted molar refractivity (Wildman–Crippen MR) is 71.1 cm³/mol. The molecule has 0 saturated carbocycles. The van der Waals surface area contributed by atoms with Crippen LogP contribution in [0.1, 0.15) is 19.4 Å². The molecule has 0 fully saturated rings. The molecule has 1 rings (SSSR count). The summed E-state index contributed by atoms with van der Waals surface area (Å²) in [6.07, 6.45) is 0. The lowest BCUT2D eigenvalue weighted by atomic mass is 9.91. The van der Waals surface area contributed by atoms with Gasteiger partial charge in [-0.1, -0.05) is 35.5 Å². The molecule has 0 heterocycles. The van der Waals surface area contributed by atoms with Gasteiger partial charge in [-0.25, -0.2) is 4.79 Å². The van der Waals surface area contributed by atoms with Crippen LogP contribution >= 0.6 is 0 Å². The van der Waals surface area contributed by atoms with Gasteiger partial charge in [-0.3, -0.25) is 0 Å². The van der Waals surface area contributed by atoms with Gasteiger partial charge in [0.05, 0.1) is 5.54 Å². The van der Waals surface area contributed by atoms with E-state index >= 15 is 0 Å². The molecule has 5 heteroatoms. The number of hydrogen-bond donors (Lipinski definition) is 2. The van der Waals surface area contributed by atoms with E-state index in [1.54, 1.807) is 14.1 Å². The normalized spacial score (nSPS) is 12.1. The third-order valence-corrected chi connectivity index (χ3v) is 3.08. The standard InChI is InChI=1S/C13H19N3O2/c1-13(2,16(4)12(17)14-3)11(15-18)10-8-6-5-7-9-10/h5-9,18H,1-4H3,(H,14,17)/b15-11+. The maximum atomic E-state index is 11.7.